The van der Waals surface area contributed by atoms with Gasteiger partial charge in [-0.1, -0.05) is 124 Å². The molecule has 0 aromatic heterocycles. The van der Waals surface area contributed by atoms with Gasteiger partial charge in [-0.15, -0.1) is 0 Å². The lowest BCUT2D eigenvalue weighted by Crippen LogP contribution is -2.66. The van der Waals surface area contributed by atoms with Crippen LogP contribution in [0.5, 0.6) is 0 Å². The highest BCUT2D eigenvalue weighted by atomic mass is 32.2. The molecule has 1 unspecified atom stereocenters. The summed E-state index contributed by atoms with van der Waals surface area (Å²) in [6.07, 6.45) is 0.573. The predicted octanol–water partition coefficient (Wildman–Crippen LogP) is 4.52. The van der Waals surface area contributed by atoms with Gasteiger partial charge in [0.2, 0.25) is 0 Å². The second-order valence-electron chi connectivity index (χ2n) is 9.87. The third-order valence-corrected chi connectivity index (χ3v) is 11.5. The van der Waals surface area contributed by atoms with Crippen molar-refractivity contribution in [3.05, 3.63) is 96.6 Å². The van der Waals surface area contributed by atoms with Crippen molar-refractivity contribution in [3.63, 3.8) is 0 Å². The highest BCUT2D eigenvalue weighted by Gasteiger charge is 2.49. The summed E-state index contributed by atoms with van der Waals surface area (Å²) in [5.74, 6) is 5.99. The lowest BCUT2D eigenvalue weighted by atomic mass is 10.2. The van der Waals surface area contributed by atoms with Crippen LogP contribution < -0.4 is 10.4 Å². The summed E-state index contributed by atoms with van der Waals surface area (Å²) in [5.41, 5.74) is 0.993. The van der Waals surface area contributed by atoms with Gasteiger partial charge in [0, 0.05) is 13.0 Å². The first-order chi connectivity index (χ1) is 17.6. The van der Waals surface area contributed by atoms with E-state index in [2.05, 4.69) is 81.1 Å². The van der Waals surface area contributed by atoms with Gasteiger partial charge in [-0.2, -0.15) is 8.42 Å². The molecular formula is C30H36O5SSi. The van der Waals surface area contributed by atoms with Crippen molar-refractivity contribution in [3.8, 4) is 11.8 Å². The maximum atomic E-state index is 11.8. The Morgan fingerprint density at radius 1 is 0.838 bits per heavy atom. The minimum atomic E-state index is -3.68. The summed E-state index contributed by atoms with van der Waals surface area (Å²) < 4.78 is 41.2. The van der Waals surface area contributed by atoms with E-state index in [0.29, 0.717) is 19.6 Å². The molecular weight excluding hydrogens is 500 g/mol. The first-order valence-electron chi connectivity index (χ1n) is 12.4. The van der Waals surface area contributed by atoms with Crippen LogP contribution in [-0.2, 0) is 30.1 Å². The summed E-state index contributed by atoms with van der Waals surface area (Å²) in [7, 11) is -6.33. The van der Waals surface area contributed by atoms with Crippen LogP contribution in [0, 0.1) is 11.8 Å². The minimum Gasteiger partial charge on any atom is -0.406 e. The second-order valence-corrected chi connectivity index (χ2v) is 15.8. The van der Waals surface area contributed by atoms with E-state index in [1.165, 1.54) is 10.4 Å². The van der Waals surface area contributed by atoms with E-state index in [-0.39, 0.29) is 11.6 Å². The molecule has 5 nitrogen and oxygen atoms in total. The Morgan fingerprint density at radius 3 is 1.84 bits per heavy atom. The topological polar surface area (TPSA) is 61.8 Å². The van der Waals surface area contributed by atoms with Crippen molar-refractivity contribution < 1.29 is 21.8 Å². The average molecular weight is 537 g/mol. The zero-order valence-corrected chi connectivity index (χ0v) is 23.8. The van der Waals surface area contributed by atoms with Gasteiger partial charge in [0.25, 0.3) is 18.4 Å². The molecule has 3 aromatic rings. The van der Waals surface area contributed by atoms with Crippen LogP contribution in [0.15, 0.2) is 91.0 Å². The SMILES string of the molecule is CC(C)(C)[Si](OCCC#CC(COCc1ccccc1)OS(C)(=O)=O)(c1ccccc1)c1ccccc1. The summed E-state index contributed by atoms with van der Waals surface area (Å²) in [6, 6.07) is 30.5. The van der Waals surface area contributed by atoms with E-state index in [1.54, 1.807) is 0 Å². The van der Waals surface area contributed by atoms with Crippen LogP contribution in [0.25, 0.3) is 0 Å². The second kappa shape index (κ2) is 13.2. The van der Waals surface area contributed by atoms with Crippen LogP contribution in [0.3, 0.4) is 0 Å². The van der Waals surface area contributed by atoms with Crippen LogP contribution in [0.1, 0.15) is 32.8 Å². The number of hydrogen-bond donors (Lipinski definition) is 0. The number of benzene rings is 3. The molecule has 196 valence electrons. The predicted molar refractivity (Wildman–Crippen MR) is 152 cm³/mol. The fraction of sp³-hybridized carbons (Fsp3) is 0.333. The molecule has 7 heteroatoms. The maximum Gasteiger partial charge on any atom is 0.265 e. The Morgan fingerprint density at radius 2 is 1.35 bits per heavy atom. The van der Waals surface area contributed by atoms with Crippen molar-refractivity contribution in [1.82, 2.24) is 0 Å². The summed E-state index contributed by atoms with van der Waals surface area (Å²) >= 11 is 0. The monoisotopic (exact) mass is 536 g/mol. The zero-order chi connectivity index (χ0) is 26.8. The molecule has 3 rings (SSSR count). The van der Waals surface area contributed by atoms with E-state index in [9.17, 15) is 8.42 Å². The first kappa shape index (κ1) is 28.8. The fourth-order valence-corrected chi connectivity index (χ4v) is 9.45. The third kappa shape index (κ3) is 8.39. The molecule has 0 saturated carbocycles. The molecule has 0 amide bonds. The molecule has 0 radical (unpaired) electrons. The van der Waals surface area contributed by atoms with Crippen molar-refractivity contribution in [2.75, 3.05) is 19.5 Å². The van der Waals surface area contributed by atoms with Gasteiger partial charge in [0.15, 0.2) is 6.10 Å². The average Bonchev–Trinajstić information content (AvgIpc) is 2.86. The molecule has 0 N–H and O–H groups in total. The molecule has 0 saturated heterocycles. The van der Waals surface area contributed by atoms with Gasteiger partial charge in [0.1, 0.15) is 0 Å². The molecule has 3 aromatic carbocycles. The lowest BCUT2D eigenvalue weighted by Gasteiger charge is -2.43. The number of hydrogen-bond acceptors (Lipinski definition) is 5. The largest absolute Gasteiger partial charge is 0.406 e. The van der Waals surface area contributed by atoms with Gasteiger partial charge in [-0.3, -0.25) is 4.18 Å². The van der Waals surface area contributed by atoms with Gasteiger partial charge >= 0.3 is 0 Å². The van der Waals surface area contributed by atoms with Crippen molar-refractivity contribution in [1.29, 1.82) is 0 Å². The maximum absolute atomic E-state index is 11.8. The van der Waals surface area contributed by atoms with Gasteiger partial charge in [-0.25, -0.2) is 0 Å². The van der Waals surface area contributed by atoms with E-state index in [1.807, 2.05) is 42.5 Å². The van der Waals surface area contributed by atoms with Crippen LogP contribution in [-0.4, -0.2) is 42.3 Å². The summed E-state index contributed by atoms with van der Waals surface area (Å²) in [5, 5.41) is 2.28. The Hall–Kier alpha value is -2.73. The Balaban J connectivity index is 1.73. The smallest absolute Gasteiger partial charge is 0.265 e. The van der Waals surface area contributed by atoms with E-state index >= 15 is 0 Å². The summed E-state index contributed by atoms with van der Waals surface area (Å²) in [6.45, 7) is 7.49. The van der Waals surface area contributed by atoms with Crippen molar-refractivity contribution in [2.24, 2.45) is 0 Å². The molecule has 1 atom stereocenters. The Kier molecular flexibility index (Phi) is 10.3. The summed E-state index contributed by atoms with van der Waals surface area (Å²) in [4.78, 5) is 0. The molecule has 37 heavy (non-hydrogen) atoms. The minimum absolute atomic E-state index is 0.0462. The molecule has 0 spiro atoms. The van der Waals surface area contributed by atoms with Gasteiger partial charge < -0.3 is 9.16 Å². The highest BCUT2D eigenvalue weighted by Crippen LogP contribution is 2.36. The van der Waals surface area contributed by atoms with Crippen molar-refractivity contribution in [2.45, 2.75) is 44.9 Å². The van der Waals surface area contributed by atoms with Crippen LogP contribution in [0.4, 0.5) is 0 Å². The molecule has 0 aliphatic carbocycles. The highest BCUT2D eigenvalue weighted by molar-refractivity contribution is 7.86. The fourth-order valence-electron chi connectivity index (χ4n) is 4.37. The lowest BCUT2D eigenvalue weighted by molar-refractivity contribution is 0.0674. The van der Waals surface area contributed by atoms with Crippen molar-refractivity contribution >= 4 is 28.8 Å². The van der Waals surface area contributed by atoms with E-state index < -0.39 is 24.5 Å². The number of rotatable bonds is 11. The van der Waals surface area contributed by atoms with Crippen LogP contribution in [0.2, 0.25) is 5.04 Å². The Bertz CT molecular complexity index is 1220. The first-order valence-corrected chi connectivity index (χ1v) is 16.1. The molecule has 0 aliphatic rings. The van der Waals surface area contributed by atoms with E-state index in [0.717, 1.165) is 11.8 Å². The van der Waals surface area contributed by atoms with Gasteiger partial charge in [-0.05, 0) is 21.0 Å². The molecule has 0 bridgehead atoms. The van der Waals surface area contributed by atoms with Gasteiger partial charge in [0.05, 0.1) is 19.5 Å². The van der Waals surface area contributed by atoms with E-state index in [4.69, 9.17) is 13.3 Å². The standard InChI is InChI=1S/C30H36O5SSi/c1-30(2,3)37(28-19-10-6-11-20-28,29-21-12-7-13-22-29)34-23-15-14-18-27(35-36(4,31)32)25-33-24-26-16-8-5-9-17-26/h5-13,16-17,19-22,27H,15,23-25H2,1-4H3. The zero-order valence-electron chi connectivity index (χ0n) is 22.0. The normalized spacial score (nSPS) is 13.0. The number of ether oxygens (including phenoxy) is 1. The third-order valence-electron chi connectivity index (χ3n) is 5.90. The molecule has 0 fully saturated rings. The molecule has 0 heterocycles. The molecule has 0 aliphatic heterocycles. The Labute approximate surface area is 223 Å². The van der Waals surface area contributed by atoms with Crippen LogP contribution >= 0.6 is 0 Å². The quantitative estimate of drug-likeness (QED) is 0.156.